The predicted octanol–water partition coefficient (Wildman–Crippen LogP) is 9.65. The second-order valence-electron chi connectivity index (χ2n) is 14.3. The molecule has 62 heavy (non-hydrogen) atoms. The smallest absolute Gasteiger partial charge is 0.445 e. The fraction of sp³-hybridized carbons (Fsp3) is 0.289. The number of alkyl carbamates (subject to hydrolysis) is 1. The van der Waals surface area contributed by atoms with Crippen molar-refractivity contribution in [1.29, 1.82) is 0 Å². The monoisotopic (exact) mass is 925 g/mol. The number of alkyl halides is 3. The number of rotatable bonds is 17. The molecule has 17 heteroatoms. The molecule has 0 aromatic heterocycles. The number of hydrogen-bond acceptors (Lipinski definition) is 12. The first-order valence-corrected chi connectivity index (χ1v) is 22.2. The molecular weight excluding hydrogens is 884 g/mol. The molecule has 0 radical (unpaired) electrons. The lowest BCUT2D eigenvalue weighted by Gasteiger charge is -2.44. The van der Waals surface area contributed by atoms with Crippen LogP contribution in [0.5, 0.6) is 0 Å². The Morgan fingerprint density at radius 3 is 1.69 bits per heavy atom. The summed E-state index contributed by atoms with van der Waals surface area (Å²) in [5.74, 6) is -0.342. The Morgan fingerprint density at radius 1 is 0.661 bits per heavy atom. The normalized spacial score (nSPS) is 19.8. The molecule has 1 saturated heterocycles. The standard InChI is InChI=1S/C45H43Cl3NO12P/c46-45(47,48)29-56-43(51)49-39-41(60-44(52)55-27-37-35-22-12-10-20-33(35)34-21-11-13-23-36(34)37)40(38(59-42(39)50)28-54-24-30-14-4-1-5-15-30)61-62(53,57-25-31-16-6-2-7-17-31)58-26-32-18-8-3-9-19-32/h1-23,37-42,50H,24-29H2,(H,49,51)/t38-,39-,40-,41-,42+/m1/s1. The molecule has 0 saturated carbocycles. The molecule has 1 amide bonds. The van der Waals surface area contributed by atoms with E-state index in [2.05, 4.69) is 5.32 Å². The molecule has 326 valence electrons. The van der Waals surface area contributed by atoms with E-state index in [1.807, 2.05) is 91.0 Å². The molecule has 0 bridgehead atoms. The van der Waals surface area contributed by atoms with Crippen LogP contribution in [0.4, 0.5) is 9.59 Å². The van der Waals surface area contributed by atoms with Crippen LogP contribution in [0.25, 0.3) is 11.1 Å². The summed E-state index contributed by atoms with van der Waals surface area (Å²) >= 11 is 17.5. The highest BCUT2D eigenvalue weighted by molar-refractivity contribution is 7.48. The highest BCUT2D eigenvalue weighted by Gasteiger charge is 2.53. The summed E-state index contributed by atoms with van der Waals surface area (Å²) in [6, 6.07) is 40.9. The van der Waals surface area contributed by atoms with Gasteiger partial charge in [-0.3, -0.25) is 13.6 Å². The summed E-state index contributed by atoms with van der Waals surface area (Å²) in [4.78, 5) is 27.1. The summed E-state index contributed by atoms with van der Waals surface area (Å²) in [5.41, 5.74) is 5.99. The van der Waals surface area contributed by atoms with E-state index < -0.39 is 61.1 Å². The largest absolute Gasteiger partial charge is 0.508 e. The number of aliphatic hydroxyl groups is 1. The maximum Gasteiger partial charge on any atom is 0.508 e. The van der Waals surface area contributed by atoms with Crippen LogP contribution in [0.2, 0.25) is 0 Å². The van der Waals surface area contributed by atoms with E-state index >= 15 is 0 Å². The molecule has 5 aromatic carbocycles. The lowest BCUT2D eigenvalue weighted by molar-refractivity contribution is -0.255. The molecule has 1 fully saturated rings. The van der Waals surface area contributed by atoms with Crippen LogP contribution < -0.4 is 5.32 Å². The third-order valence-corrected chi connectivity index (χ3v) is 11.7. The zero-order valence-electron chi connectivity index (χ0n) is 33.0. The maximum absolute atomic E-state index is 14.9. The maximum atomic E-state index is 14.9. The van der Waals surface area contributed by atoms with Gasteiger partial charge in [-0.1, -0.05) is 174 Å². The highest BCUT2D eigenvalue weighted by atomic mass is 35.6. The minimum atomic E-state index is -4.69. The number of fused-ring (bicyclic) bond motifs is 3. The van der Waals surface area contributed by atoms with Crippen molar-refractivity contribution in [1.82, 2.24) is 5.32 Å². The van der Waals surface area contributed by atoms with E-state index in [-0.39, 0.29) is 39.0 Å². The van der Waals surface area contributed by atoms with Crippen molar-refractivity contribution in [3.8, 4) is 11.1 Å². The number of benzene rings is 5. The predicted molar refractivity (Wildman–Crippen MR) is 230 cm³/mol. The van der Waals surface area contributed by atoms with Crippen LogP contribution in [0.15, 0.2) is 140 Å². The van der Waals surface area contributed by atoms with Crippen molar-refractivity contribution in [2.45, 2.75) is 60.2 Å². The van der Waals surface area contributed by atoms with Gasteiger partial charge in [0.15, 0.2) is 12.4 Å². The number of nitrogens with one attached hydrogen (secondary N) is 1. The number of amides is 1. The van der Waals surface area contributed by atoms with Gasteiger partial charge < -0.3 is 34.1 Å². The Labute approximate surface area is 373 Å². The van der Waals surface area contributed by atoms with Gasteiger partial charge in [0.25, 0.3) is 0 Å². The Balaban J connectivity index is 1.20. The zero-order valence-corrected chi connectivity index (χ0v) is 36.2. The summed E-state index contributed by atoms with van der Waals surface area (Å²) in [6.07, 6.45) is -8.99. The van der Waals surface area contributed by atoms with Crippen molar-refractivity contribution >= 4 is 54.9 Å². The third kappa shape index (κ3) is 12.4. The van der Waals surface area contributed by atoms with Gasteiger partial charge in [-0.15, -0.1) is 0 Å². The van der Waals surface area contributed by atoms with Crippen molar-refractivity contribution in [2.24, 2.45) is 0 Å². The fourth-order valence-corrected chi connectivity index (χ4v) is 8.63. The summed E-state index contributed by atoms with van der Waals surface area (Å²) in [7, 11) is -4.69. The van der Waals surface area contributed by atoms with E-state index in [4.69, 9.17) is 72.1 Å². The quantitative estimate of drug-likeness (QED) is 0.0518. The summed E-state index contributed by atoms with van der Waals surface area (Å²) in [6.45, 7) is -1.47. The van der Waals surface area contributed by atoms with Gasteiger partial charge in [0.1, 0.15) is 31.5 Å². The molecule has 0 spiro atoms. The minimum absolute atomic E-state index is 0.0964. The molecule has 5 aromatic rings. The second-order valence-corrected chi connectivity index (χ2v) is 18.5. The van der Waals surface area contributed by atoms with Gasteiger partial charge in [0.05, 0.1) is 26.4 Å². The van der Waals surface area contributed by atoms with E-state index in [1.54, 1.807) is 48.5 Å². The number of aliphatic hydroxyl groups excluding tert-OH is 1. The minimum Gasteiger partial charge on any atom is -0.445 e. The molecule has 7 rings (SSSR count). The van der Waals surface area contributed by atoms with E-state index in [9.17, 15) is 19.3 Å². The molecular formula is C45H43Cl3NO12P. The SMILES string of the molecule is O=C(N[C@@H]1[C@@H](OC(=O)OCC2c3ccccc3-c3ccccc32)[C@H](OP(=O)(OCc2ccccc2)OCc2ccccc2)[C@@H](COCc2ccccc2)O[C@@H]1O)OCC(Cl)(Cl)Cl. The summed E-state index contributed by atoms with van der Waals surface area (Å²) in [5, 5.41) is 13.9. The molecule has 13 nitrogen and oxygen atoms in total. The van der Waals surface area contributed by atoms with Crippen molar-refractivity contribution < 1.29 is 56.5 Å². The van der Waals surface area contributed by atoms with Crippen LogP contribution in [0.1, 0.15) is 33.7 Å². The van der Waals surface area contributed by atoms with Crippen molar-refractivity contribution in [3.63, 3.8) is 0 Å². The average molecular weight is 927 g/mol. The lowest BCUT2D eigenvalue weighted by atomic mass is 9.97. The number of ether oxygens (including phenoxy) is 5. The van der Waals surface area contributed by atoms with Gasteiger partial charge >= 0.3 is 20.1 Å². The molecule has 1 heterocycles. The second kappa shape index (κ2) is 21.2. The first-order chi connectivity index (χ1) is 29.9. The number of phosphoric acid groups is 1. The molecule has 2 aliphatic rings. The Kier molecular flexibility index (Phi) is 15.6. The Hall–Kier alpha value is -4.50. The van der Waals surface area contributed by atoms with Gasteiger partial charge in [0.2, 0.25) is 3.79 Å². The first-order valence-electron chi connectivity index (χ1n) is 19.6. The highest BCUT2D eigenvalue weighted by Crippen LogP contribution is 2.54. The van der Waals surface area contributed by atoms with Crippen LogP contribution >= 0.6 is 42.6 Å². The number of carbonyl (C=O) groups is 2. The number of halogens is 3. The molecule has 2 N–H and O–H groups in total. The van der Waals surface area contributed by atoms with Gasteiger partial charge in [-0.05, 0) is 38.9 Å². The van der Waals surface area contributed by atoms with Crippen molar-refractivity contribution in [2.75, 3.05) is 19.8 Å². The fourth-order valence-electron chi connectivity index (χ4n) is 7.11. The number of hydrogen-bond donors (Lipinski definition) is 2. The zero-order chi connectivity index (χ0) is 43.5. The number of carbonyl (C=O) groups excluding carboxylic acids is 2. The third-order valence-electron chi connectivity index (χ3n) is 9.99. The van der Waals surface area contributed by atoms with Gasteiger partial charge in [-0.25, -0.2) is 14.2 Å². The average Bonchev–Trinajstić information content (AvgIpc) is 3.60. The molecule has 0 unspecified atom stereocenters. The molecule has 1 aliphatic heterocycles. The van der Waals surface area contributed by atoms with Crippen LogP contribution in [0.3, 0.4) is 0 Å². The molecule has 1 aliphatic carbocycles. The summed E-state index contributed by atoms with van der Waals surface area (Å²) < 4.78 is 60.0. The Morgan fingerprint density at radius 2 is 1.16 bits per heavy atom. The molecule has 5 atom stereocenters. The van der Waals surface area contributed by atoms with E-state index in [0.717, 1.165) is 27.8 Å². The topological polar surface area (TPSA) is 157 Å². The lowest BCUT2D eigenvalue weighted by Crippen LogP contribution is -2.66. The number of phosphoric ester groups is 1. The van der Waals surface area contributed by atoms with E-state index in [0.29, 0.717) is 11.1 Å². The van der Waals surface area contributed by atoms with Gasteiger partial charge in [-0.2, -0.15) is 0 Å². The van der Waals surface area contributed by atoms with Gasteiger partial charge in [0, 0.05) is 5.92 Å². The van der Waals surface area contributed by atoms with Crippen molar-refractivity contribution in [3.05, 3.63) is 167 Å². The van der Waals surface area contributed by atoms with Crippen LogP contribution in [0, 0.1) is 0 Å². The van der Waals surface area contributed by atoms with Crippen LogP contribution in [-0.2, 0) is 61.6 Å². The first kappa shape index (κ1) is 45.5. The Bertz CT molecular complexity index is 2200. The van der Waals surface area contributed by atoms with Crippen LogP contribution in [-0.4, -0.2) is 71.6 Å². The van der Waals surface area contributed by atoms with E-state index in [1.165, 1.54) is 0 Å².